The fraction of sp³-hybridized carbons (Fsp3) is 0.333. The predicted molar refractivity (Wildman–Crippen MR) is 135 cm³/mol. The van der Waals surface area contributed by atoms with Gasteiger partial charge in [-0.05, 0) is 92.3 Å². The number of rotatable bonds is 3. The Bertz CT molecular complexity index is 1550. The van der Waals surface area contributed by atoms with Gasteiger partial charge in [-0.25, -0.2) is 4.98 Å². The smallest absolute Gasteiger partial charge is 0.227 e. The first-order valence-electron chi connectivity index (χ1n) is 12.4. The Morgan fingerprint density at radius 3 is 2.42 bits per heavy atom. The average molecular weight is 433 g/mol. The van der Waals surface area contributed by atoms with Gasteiger partial charge in [-0.15, -0.1) is 0 Å². The monoisotopic (exact) mass is 432 g/mol. The molecule has 0 atom stereocenters. The number of furan rings is 1. The molecule has 3 heteroatoms. The first kappa shape index (κ1) is 19.3. The van der Waals surface area contributed by atoms with Crippen LogP contribution in [0.1, 0.15) is 72.9 Å². The molecule has 0 saturated heterocycles. The predicted octanol–water partition coefficient (Wildman–Crippen LogP) is 8.35. The fourth-order valence-electron chi connectivity index (χ4n) is 5.88. The average Bonchev–Trinajstić information content (AvgIpc) is 3.40. The van der Waals surface area contributed by atoms with Crippen LogP contribution in [-0.4, -0.2) is 9.97 Å². The van der Waals surface area contributed by atoms with Gasteiger partial charge in [0.1, 0.15) is 5.58 Å². The molecule has 7 rings (SSSR count). The summed E-state index contributed by atoms with van der Waals surface area (Å²) in [7, 11) is 0. The number of pyridine rings is 2. The number of hydrogen-bond acceptors (Lipinski definition) is 3. The highest BCUT2D eigenvalue weighted by molar-refractivity contribution is 6.11. The lowest BCUT2D eigenvalue weighted by molar-refractivity contribution is 0.653. The van der Waals surface area contributed by atoms with Crippen LogP contribution in [0.3, 0.4) is 0 Å². The molecule has 0 N–H and O–H groups in total. The summed E-state index contributed by atoms with van der Waals surface area (Å²) < 4.78 is 6.42. The highest BCUT2D eigenvalue weighted by atomic mass is 16.3. The molecule has 3 aromatic heterocycles. The van der Waals surface area contributed by atoms with Crippen LogP contribution in [-0.2, 0) is 0 Å². The van der Waals surface area contributed by atoms with Crippen LogP contribution in [0.5, 0.6) is 0 Å². The maximum absolute atomic E-state index is 6.42. The van der Waals surface area contributed by atoms with Crippen LogP contribution in [0.15, 0.2) is 52.9 Å². The summed E-state index contributed by atoms with van der Waals surface area (Å²) in [5.74, 6) is 1.27. The third kappa shape index (κ3) is 3.09. The van der Waals surface area contributed by atoms with Gasteiger partial charge in [0.25, 0.3) is 0 Å². The van der Waals surface area contributed by atoms with Crippen molar-refractivity contribution in [3.63, 3.8) is 0 Å². The van der Waals surface area contributed by atoms with E-state index < -0.39 is 0 Å². The quantitative estimate of drug-likeness (QED) is 0.287. The number of aromatic nitrogens is 2. The van der Waals surface area contributed by atoms with Crippen LogP contribution in [0.4, 0.5) is 0 Å². The number of hydrogen-bond donors (Lipinski definition) is 0. The molecule has 3 heterocycles. The minimum Gasteiger partial charge on any atom is -0.437 e. The minimum absolute atomic E-state index is 0.602. The van der Waals surface area contributed by atoms with Gasteiger partial charge in [0.05, 0.1) is 5.69 Å². The summed E-state index contributed by atoms with van der Waals surface area (Å²) in [5, 5.41) is 4.86. The zero-order valence-corrected chi connectivity index (χ0v) is 19.3. The molecular weight excluding hydrogens is 404 g/mol. The van der Waals surface area contributed by atoms with E-state index in [1.807, 2.05) is 6.92 Å². The summed E-state index contributed by atoms with van der Waals surface area (Å²) >= 11 is 0. The van der Waals surface area contributed by atoms with Crippen molar-refractivity contribution in [3.05, 3.63) is 71.0 Å². The van der Waals surface area contributed by atoms with Crippen molar-refractivity contribution in [2.45, 2.75) is 64.2 Å². The SMILES string of the molecule is Cc1cc(-c2nc(C3CC3)cc3c(C4CCCC4)cccc23)c2oc3nc(C)ccc3c2c1. The molecule has 5 aromatic rings. The van der Waals surface area contributed by atoms with E-state index in [4.69, 9.17) is 9.40 Å². The topological polar surface area (TPSA) is 38.9 Å². The van der Waals surface area contributed by atoms with Gasteiger partial charge < -0.3 is 4.42 Å². The van der Waals surface area contributed by atoms with Gasteiger partial charge in [0.15, 0.2) is 0 Å². The Morgan fingerprint density at radius 1 is 0.758 bits per heavy atom. The second kappa shape index (κ2) is 7.15. The van der Waals surface area contributed by atoms with Crippen molar-refractivity contribution in [3.8, 4) is 11.3 Å². The lowest BCUT2D eigenvalue weighted by atomic mass is 9.90. The molecule has 0 unspecified atom stereocenters. The van der Waals surface area contributed by atoms with E-state index in [1.165, 1.54) is 66.1 Å². The van der Waals surface area contributed by atoms with Gasteiger partial charge in [0, 0.05) is 39.0 Å². The first-order valence-corrected chi connectivity index (χ1v) is 12.4. The van der Waals surface area contributed by atoms with Crippen molar-refractivity contribution in [2.75, 3.05) is 0 Å². The zero-order chi connectivity index (χ0) is 22.1. The third-order valence-corrected chi connectivity index (χ3v) is 7.70. The van der Waals surface area contributed by atoms with E-state index in [0.29, 0.717) is 17.5 Å². The van der Waals surface area contributed by atoms with Crippen molar-refractivity contribution >= 4 is 32.8 Å². The molecule has 2 aliphatic rings. The maximum Gasteiger partial charge on any atom is 0.227 e. The largest absolute Gasteiger partial charge is 0.437 e. The van der Waals surface area contributed by atoms with Crippen LogP contribution in [0.2, 0.25) is 0 Å². The Hall–Kier alpha value is -3.20. The van der Waals surface area contributed by atoms with Gasteiger partial charge in [-0.3, -0.25) is 4.98 Å². The number of aryl methyl sites for hydroxylation is 2. The Labute approximate surface area is 193 Å². The Balaban J connectivity index is 1.56. The molecule has 3 nitrogen and oxygen atoms in total. The van der Waals surface area contributed by atoms with Gasteiger partial charge in [0.2, 0.25) is 5.71 Å². The van der Waals surface area contributed by atoms with Crippen LogP contribution in [0, 0.1) is 13.8 Å². The molecular formula is C30H28N2O. The highest BCUT2D eigenvalue weighted by Gasteiger charge is 2.28. The molecule has 2 aromatic carbocycles. The lowest BCUT2D eigenvalue weighted by Crippen LogP contribution is -1.99. The maximum atomic E-state index is 6.42. The Morgan fingerprint density at radius 2 is 1.61 bits per heavy atom. The molecule has 0 spiro atoms. The van der Waals surface area contributed by atoms with Crippen molar-refractivity contribution in [2.24, 2.45) is 0 Å². The van der Waals surface area contributed by atoms with Crippen LogP contribution >= 0.6 is 0 Å². The summed E-state index contributed by atoms with van der Waals surface area (Å²) in [6.45, 7) is 4.18. The molecule has 0 bridgehead atoms. The second-order valence-electron chi connectivity index (χ2n) is 10.2. The van der Waals surface area contributed by atoms with Gasteiger partial charge in [-0.1, -0.05) is 31.0 Å². The third-order valence-electron chi connectivity index (χ3n) is 7.70. The summed E-state index contributed by atoms with van der Waals surface area (Å²) in [4.78, 5) is 9.97. The molecule has 164 valence electrons. The molecule has 2 aliphatic carbocycles. The van der Waals surface area contributed by atoms with Gasteiger partial charge in [-0.2, -0.15) is 0 Å². The summed E-state index contributed by atoms with van der Waals surface area (Å²) in [5.41, 5.74) is 8.74. The second-order valence-corrected chi connectivity index (χ2v) is 10.2. The molecule has 0 aliphatic heterocycles. The van der Waals surface area contributed by atoms with E-state index >= 15 is 0 Å². The normalized spacial score (nSPS) is 17.0. The lowest BCUT2D eigenvalue weighted by Gasteiger charge is -2.17. The summed E-state index contributed by atoms with van der Waals surface area (Å²) in [6.07, 6.45) is 7.80. The standard InChI is InChI=1S/C30H28N2O/c1-17-14-25-23-13-10-18(2)31-30(23)33-29(25)26(15-17)28-22-9-5-8-21(19-6-3-4-7-19)24(22)16-27(32-28)20-11-12-20/h5,8-10,13-16,19-20H,3-4,6-7,11-12H2,1-2H3. The number of benzene rings is 2. The highest BCUT2D eigenvalue weighted by Crippen LogP contribution is 2.46. The molecule has 33 heavy (non-hydrogen) atoms. The Kier molecular flexibility index (Phi) is 4.18. The molecule has 0 amide bonds. The molecule has 0 radical (unpaired) electrons. The first-order chi connectivity index (χ1) is 16.2. The van der Waals surface area contributed by atoms with Crippen molar-refractivity contribution in [1.82, 2.24) is 9.97 Å². The van der Waals surface area contributed by atoms with Crippen molar-refractivity contribution < 1.29 is 4.42 Å². The fourth-order valence-corrected chi connectivity index (χ4v) is 5.88. The van der Waals surface area contributed by atoms with Crippen molar-refractivity contribution in [1.29, 1.82) is 0 Å². The number of nitrogens with zero attached hydrogens (tertiary/aromatic N) is 2. The van der Waals surface area contributed by atoms with Crippen LogP contribution < -0.4 is 0 Å². The van der Waals surface area contributed by atoms with E-state index in [-0.39, 0.29) is 0 Å². The number of fused-ring (bicyclic) bond motifs is 4. The minimum atomic E-state index is 0.602. The zero-order valence-electron chi connectivity index (χ0n) is 19.3. The molecule has 2 fully saturated rings. The molecule has 2 saturated carbocycles. The van der Waals surface area contributed by atoms with E-state index in [2.05, 4.69) is 60.4 Å². The van der Waals surface area contributed by atoms with E-state index in [0.717, 1.165) is 33.3 Å². The van der Waals surface area contributed by atoms with E-state index in [9.17, 15) is 0 Å². The summed E-state index contributed by atoms with van der Waals surface area (Å²) in [6, 6.07) is 17.9. The van der Waals surface area contributed by atoms with Crippen LogP contribution in [0.25, 0.3) is 44.1 Å². The van der Waals surface area contributed by atoms with E-state index in [1.54, 1.807) is 0 Å². The van der Waals surface area contributed by atoms with Gasteiger partial charge >= 0.3 is 0 Å².